The van der Waals surface area contributed by atoms with Gasteiger partial charge in [-0.3, -0.25) is 38.4 Å². The Balaban J connectivity index is 0.000000140. The summed E-state index contributed by atoms with van der Waals surface area (Å²) in [7, 11) is 24.1. The second-order valence-electron chi connectivity index (χ2n) is 34.5. The van der Waals surface area contributed by atoms with Crippen molar-refractivity contribution < 1.29 is 87.6 Å². The third kappa shape index (κ3) is 13.1. The summed E-state index contributed by atoms with van der Waals surface area (Å²) in [5.41, 5.74) is 8.58. The van der Waals surface area contributed by atoms with Gasteiger partial charge >= 0.3 is 0 Å². The number of nitrogens with one attached hydrogen (secondary N) is 1. The number of methoxy groups -OCH3 is 10. The molecule has 0 saturated heterocycles. The van der Waals surface area contributed by atoms with Crippen LogP contribution in [0.5, 0.6) is 92.0 Å². The number of rotatable bonds is 24. The summed E-state index contributed by atoms with van der Waals surface area (Å²) < 4.78 is 59.4. The highest BCUT2D eigenvalue weighted by Gasteiger charge is 2.42. The van der Waals surface area contributed by atoms with Crippen molar-refractivity contribution >= 4 is 180 Å². The molecule has 2 aliphatic rings. The molecule has 2 aliphatic carbocycles. The van der Waals surface area contributed by atoms with Gasteiger partial charge in [0, 0.05) is 185 Å². The summed E-state index contributed by atoms with van der Waals surface area (Å²) in [5.74, 6) is -1.55. The van der Waals surface area contributed by atoms with Crippen molar-refractivity contribution in [2.75, 3.05) is 144 Å². The number of aromatic nitrogens is 1. The lowest BCUT2D eigenvalue weighted by molar-refractivity contribution is -0.117. The number of allylic oxidation sites excluding steroid dienone is 3. The number of benzene rings is 15. The molecule has 1 unspecified atom stereocenters. The molecule has 1 heterocycles. The quantitative estimate of drug-likeness (QED) is 0.0158. The minimum Gasteiger partial charge on any atom is -0.505 e. The third-order valence-electron chi connectivity index (χ3n) is 26.5. The molecule has 1 atom stereocenters. The molecule has 0 amide bonds. The van der Waals surface area contributed by atoms with Crippen molar-refractivity contribution in [3.05, 3.63) is 148 Å². The number of ether oxygens (including phenoxy) is 10. The highest BCUT2D eigenvalue weighted by Crippen LogP contribution is 2.63. The van der Waals surface area contributed by atoms with Crippen LogP contribution in [0.4, 0.5) is 5.69 Å². The Morgan fingerprint density at radius 3 is 1.24 bits per heavy atom. The van der Waals surface area contributed by atoms with Crippen molar-refractivity contribution in [2.24, 2.45) is 5.73 Å². The van der Waals surface area contributed by atoms with Gasteiger partial charge in [0.05, 0.1) is 127 Å². The molecule has 1 aromatic heterocycles. The molecular formula is C103H104N6O24. The summed E-state index contributed by atoms with van der Waals surface area (Å²) in [6.07, 6.45) is 4.70. The van der Waals surface area contributed by atoms with Gasteiger partial charge in [0.1, 0.15) is 40.3 Å². The number of carbonyl (C=O) groups is 2. The highest BCUT2D eigenvalue weighted by molar-refractivity contribution is 6.48. The number of fused-ring (bicyclic) bond motifs is 3. The first kappa shape index (κ1) is 91.8. The molecule has 16 aromatic carbocycles. The van der Waals surface area contributed by atoms with E-state index in [9.17, 15) is 69.0 Å². The van der Waals surface area contributed by atoms with Gasteiger partial charge in [-0.15, -0.1) is 0 Å². The van der Waals surface area contributed by atoms with E-state index in [1.165, 1.54) is 121 Å². The van der Waals surface area contributed by atoms with E-state index in [-0.39, 0.29) is 142 Å². The minimum atomic E-state index is -0.871. The summed E-state index contributed by atoms with van der Waals surface area (Å²) in [6, 6.07) is 9.76. The van der Waals surface area contributed by atoms with Crippen LogP contribution in [0.25, 0.3) is 163 Å². The fourth-order valence-corrected chi connectivity index (χ4v) is 21.6. The first-order valence-electron chi connectivity index (χ1n) is 43.3. The molecule has 133 heavy (non-hydrogen) atoms. The fraction of sp³-hybridized carbons (Fsp3) is 0.320. The molecule has 0 radical (unpaired) electrons. The first-order valence-corrected chi connectivity index (χ1v) is 43.3. The Morgan fingerprint density at radius 2 is 0.827 bits per heavy atom. The topological polar surface area (TPSA) is 403 Å². The number of phenolic OH excluding ortho intramolecular Hbond substituents is 6. The maximum absolute atomic E-state index is 13.9. The molecule has 690 valence electrons. The van der Waals surface area contributed by atoms with Gasteiger partial charge in [-0.1, -0.05) is 24.1 Å². The maximum Gasteiger partial charge on any atom is 0.194 e. The molecule has 0 saturated carbocycles. The molecule has 0 fully saturated rings. The number of anilines is 1. The predicted molar refractivity (Wildman–Crippen MR) is 524 cm³/mol. The molecular weight excluding hydrogens is 1710 g/mol. The number of hydrogen-bond donors (Lipinski definition) is 8. The Labute approximate surface area is 760 Å². The monoisotopic (exact) mass is 1810 g/mol. The van der Waals surface area contributed by atoms with Crippen LogP contribution in [-0.4, -0.2) is 196 Å². The Kier molecular flexibility index (Phi) is 23.7. The van der Waals surface area contributed by atoms with Crippen LogP contribution < -0.4 is 95.9 Å². The van der Waals surface area contributed by atoms with Crippen LogP contribution in [0.3, 0.4) is 0 Å². The molecule has 19 rings (SSSR count). The number of aromatic hydroxyl groups is 6. The van der Waals surface area contributed by atoms with Crippen LogP contribution in [0.1, 0.15) is 93.3 Å². The zero-order valence-electron chi connectivity index (χ0n) is 78.2. The SMILES string of the molecule is CCCN(CNC)c1c(O)c2c(=O)cc(OC)c3c4c(OC)cc(=O)c5c(O)c(OC)c6c(c(c1C=C(C)C6C(C)=O)c23)c54.CN(C)CCCN.COc1c(O)c2c(=O)cc(OC)c3c4c(OC)cc(=O)c5c(O)c(OC)c6c(c(c1CC(C)=C6C(C)=O)c23)c54.COc1c(O)c2c(=O)cc(OC)c3c4c(OC)cc(=O)c5c(O)c6c7c(c(C)cc1c(c23)c7c54)c(C)n6CCCN(C)C. The smallest absolute Gasteiger partial charge is 0.194 e. The van der Waals surface area contributed by atoms with Crippen molar-refractivity contribution in [3.63, 3.8) is 0 Å². The van der Waals surface area contributed by atoms with Gasteiger partial charge < -0.3 is 108 Å². The first-order chi connectivity index (χ1) is 63.5. The Morgan fingerprint density at radius 1 is 0.436 bits per heavy atom. The lowest BCUT2D eigenvalue weighted by atomic mass is 9.80. The highest BCUT2D eigenvalue weighted by atomic mass is 16.5. The number of nitrogens with zero attached hydrogens (tertiary/aromatic N) is 4. The summed E-state index contributed by atoms with van der Waals surface area (Å²) in [4.78, 5) is 115. The van der Waals surface area contributed by atoms with E-state index < -0.39 is 44.6 Å². The summed E-state index contributed by atoms with van der Waals surface area (Å²) in [6.45, 7) is 16.8. The predicted octanol–water partition coefficient (Wildman–Crippen LogP) is 14.4. The average molecular weight is 1810 g/mol. The largest absolute Gasteiger partial charge is 0.505 e. The van der Waals surface area contributed by atoms with Gasteiger partial charge in [-0.25, -0.2) is 0 Å². The second kappa shape index (κ2) is 34.4. The van der Waals surface area contributed by atoms with Gasteiger partial charge in [-0.05, 0) is 145 Å². The summed E-state index contributed by atoms with van der Waals surface area (Å²) >= 11 is 0. The van der Waals surface area contributed by atoms with Gasteiger partial charge in [0.15, 0.2) is 95.9 Å². The van der Waals surface area contributed by atoms with E-state index in [1.807, 2.05) is 58.8 Å². The van der Waals surface area contributed by atoms with E-state index in [0.717, 1.165) is 60.9 Å². The zero-order chi connectivity index (χ0) is 96.2. The number of ketones is 2. The van der Waals surface area contributed by atoms with Crippen molar-refractivity contribution in [1.29, 1.82) is 0 Å². The van der Waals surface area contributed by atoms with Crippen LogP contribution in [0, 0.1) is 13.8 Å². The van der Waals surface area contributed by atoms with E-state index in [0.29, 0.717) is 167 Å². The number of hydrogen-bond acceptors (Lipinski definition) is 29. The minimum absolute atomic E-state index is 0.00127. The molecule has 9 N–H and O–H groups in total. The van der Waals surface area contributed by atoms with Crippen molar-refractivity contribution in [1.82, 2.24) is 19.7 Å². The Hall–Kier alpha value is -14.5. The number of Topliss-reactive ketones (excluding diaryl/α,β-unsaturated/α-hetero) is 2. The van der Waals surface area contributed by atoms with Gasteiger partial charge in [0.2, 0.25) is 0 Å². The van der Waals surface area contributed by atoms with Crippen LogP contribution in [0.15, 0.2) is 82.4 Å². The van der Waals surface area contributed by atoms with Crippen LogP contribution in [-0.2, 0) is 22.6 Å². The molecule has 0 aliphatic heterocycles. The third-order valence-corrected chi connectivity index (χ3v) is 26.5. The van der Waals surface area contributed by atoms with Gasteiger partial charge in [0.25, 0.3) is 0 Å². The molecule has 17 aromatic rings. The number of aryl methyl sites for hydroxylation is 3. The van der Waals surface area contributed by atoms with E-state index in [2.05, 4.69) is 33.8 Å². The molecule has 30 heteroatoms. The molecule has 0 spiro atoms. The van der Waals surface area contributed by atoms with E-state index >= 15 is 0 Å². The normalized spacial score (nSPS) is 13.2. The zero-order valence-corrected chi connectivity index (χ0v) is 78.2. The molecule has 30 nitrogen and oxygen atoms in total. The Bertz CT molecular complexity index is 8260. The van der Waals surface area contributed by atoms with E-state index in [1.54, 1.807) is 14.0 Å². The number of phenols is 6. The van der Waals surface area contributed by atoms with Gasteiger partial charge in [-0.2, -0.15) is 0 Å². The average Bonchev–Trinajstić information content (AvgIpc) is 1.63. The maximum atomic E-state index is 13.9. The fourth-order valence-electron chi connectivity index (χ4n) is 21.6. The van der Waals surface area contributed by atoms with Crippen molar-refractivity contribution in [3.8, 4) is 92.0 Å². The second-order valence-corrected chi connectivity index (χ2v) is 34.5. The molecule has 0 bridgehead atoms. The summed E-state index contributed by atoms with van der Waals surface area (Å²) in [5, 5.41) is 84.4. The number of carbonyl (C=O) groups excluding carboxylic acids is 2. The van der Waals surface area contributed by atoms with Crippen molar-refractivity contribution in [2.45, 2.75) is 86.6 Å². The lowest BCUT2D eigenvalue weighted by Gasteiger charge is -2.29. The lowest BCUT2D eigenvalue weighted by Crippen LogP contribution is -2.33. The van der Waals surface area contributed by atoms with Crippen LogP contribution >= 0.6 is 0 Å². The number of nitrogens with two attached hydrogens (primary N) is 1. The van der Waals surface area contributed by atoms with Crippen LogP contribution in [0.2, 0.25) is 0 Å². The standard InChI is InChI=1S/C34H34N2O8.C34H32N2O7.C30H24O9.C5H14N2/c1-8-9-36(13-35-4)31-16-10-14(2)21(15(3)37)30-28-22(16)27-23(32(31)40)17(38)11-19(42-5)25(27)26-20(43-6)12-18(39)24(29(26)28)33(41)34(30)44-7;1-14-11-16-22-27-24(33(40)34(16)43-7)18(38)13-19(41-5)25(27)26-20(42-6)12-17(37)23-29(26)28(22)30-21(14)15(2)36(31(30)32(23)39)10-8-9-35(3)4;1-10-7-12-18-23-19(27(34)29(12)38-5)13(32)8-15(36-3)21(23)22-16(37-4)9-14(33)20-25(22)24(18)26(17(10)11(2)31)30(39-6)28(20)35;1-7(2)5-3-4-6/h10-12,21,35,40-41H,8-9,13H2,1-7H3;11-13,39-40H,8-10H2,1-7H3;8-9,34-35H,7H2,1-6H3;3-6H2,1-2H3. The van der Waals surface area contributed by atoms with E-state index in [4.69, 9.17) is 53.1 Å².